The molecule has 0 aromatic heterocycles. The van der Waals surface area contributed by atoms with E-state index in [1.54, 1.807) is 0 Å². The molecule has 0 saturated carbocycles. The second-order valence-electron chi connectivity index (χ2n) is 1.85. The highest BCUT2D eigenvalue weighted by Crippen LogP contribution is 2.27. The van der Waals surface area contributed by atoms with Crippen molar-refractivity contribution in [3.05, 3.63) is 0 Å². The molecule has 0 amide bonds. The van der Waals surface area contributed by atoms with Gasteiger partial charge in [0.05, 0.1) is 5.92 Å². The van der Waals surface area contributed by atoms with Crippen LogP contribution in [-0.4, -0.2) is 6.18 Å². The van der Waals surface area contributed by atoms with E-state index < -0.39 is 12.1 Å². The molecular weight excluding hydrogens is 129 g/mol. The Morgan fingerprint density at radius 3 is 1.67 bits per heavy atom. The van der Waals surface area contributed by atoms with Crippen molar-refractivity contribution in [2.75, 3.05) is 0 Å². The van der Waals surface area contributed by atoms with Gasteiger partial charge in [0.1, 0.15) is 0 Å². The van der Waals surface area contributed by atoms with Crippen LogP contribution in [0.3, 0.4) is 0 Å². The maximum atomic E-state index is 11.4. The zero-order chi connectivity index (χ0) is 6.78. The highest BCUT2D eigenvalue weighted by Gasteiger charge is 2.33. The topological polar surface area (TPSA) is 0 Å². The van der Waals surface area contributed by atoms with Crippen LogP contribution in [0.4, 0.5) is 13.2 Å². The minimum Gasteiger partial charge on any atom is -0.171 e. The molecule has 0 spiro atoms. The first kappa shape index (κ1) is 11.6. The van der Waals surface area contributed by atoms with Crippen molar-refractivity contribution in [3.63, 3.8) is 0 Å². The molecule has 0 saturated heterocycles. The third kappa shape index (κ3) is 4.30. The molecule has 0 N–H and O–H groups in total. The first-order valence-electron chi connectivity index (χ1n) is 2.55. The van der Waals surface area contributed by atoms with Crippen LogP contribution in [-0.2, 0) is 0 Å². The van der Waals surface area contributed by atoms with Gasteiger partial charge in [-0.1, -0.05) is 21.3 Å². The van der Waals surface area contributed by atoms with Gasteiger partial charge < -0.3 is 0 Å². The summed E-state index contributed by atoms with van der Waals surface area (Å²) >= 11 is 0. The van der Waals surface area contributed by atoms with Crippen molar-refractivity contribution in [2.24, 2.45) is 5.92 Å². The first-order valence-corrected chi connectivity index (χ1v) is 2.55. The molecule has 0 bridgehead atoms. The summed E-state index contributed by atoms with van der Waals surface area (Å²) in [5.41, 5.74) is 0. The van der Waals surface area contributed by atoms with Crippen LogP contribution in [0.15, 0.2) is 0 Å². The lowest BCUT2D eigenvalue weighted by Crippen LogP contribution is -2.18. The largest absolute Gasteiger partial charge is 0.391 e. The smallest absolute Gasteiger partial charge is 0.171 e. The molecule has 0 fully saturated rings. The predicted molar refractivity (Wildman–Crippen MR) is 32.2 cm³/mol. The van der Waals surface area contributed by atoms with E-state index in [-0.39, 0.29) is 13.8 Å². The van der Waals surface area contributed by atoms with Crippen molar-refractivity contribution in [1.82, 2.24) is 0 Å². The monoisotopic (exact) mass is 142 g/mol. The van der Waals surface area contributed by atoms with E-state index in [4.69, 9.17) is 0 Å². The van der Waals surface area contributed by atoms with E-state index in [0.29, 0.717) is 0 Å². The van der Waals surface area contributed by atoms with Crippen molar-refractivity contribution >= 4 is 0 Å². The Kier molecular flexibility index (Phi) is 4.82. The van der Waals surface area contributed by atoms with Gasteiger partial charge in [0.2, 0.25) is 0 Å². The summed E-state index contributed by atoms with van der Waals surface area (Å²) in [4.78, 5) is 0. The van der Waals surface area contributed by atoms with Crippen LogP contribution in [0.25, 0.3) is 0 Å². The normalized spacial score (nSPS) is 14.3. The summed E-state index contributed by atoms with van der Waals surface area (Å²) < 4.78 is 34.3. The maximum Gasteiger partial charge on any atom is 0.391 e. The standard InChI is InChI=1S/C5H9F3.CH4/c1-3-4(2)5(6,7)8;/h4H,3H2,1-2H3;1H4. The zero-order valence-electron chi connectivity index (χ0n) is 4.92. The predicted octanol–water partition coefficient (Wildman–Crippen LogP) is 3.23. The van der Waals surface area contributed by atoms with E-state index in [0.717, 1.165) is 0 Å². The summed E-state index contributed by atoms with van der Waals surface area (Å²) in [6.45, 7) is 2.71. The van der Waals surface area contributed by atoms with Crippen LogP contribution in [0.2, 0.25) is 0 Å². The van der Waals surface area contributed by atoms with Gasteiger partial charge in [-0.05, 0) is 6.42 Å². The minimum absolute atomic E-state index is 0. The molecule has 0 aliphatic carbocycles. The summed E-state index contributed by atoms with van der Waals surface area (Å²) in [6, 6.07) is 0. The third-order valence-corrected chi connectivity index (χ3v) is 1.17. The molecule has 0 aromatic carbocycles. The van der Waals surface area contributed by atoms with Crippen LogP contribution in [0.1, 0.15) is 27.7 Å². The van der Waals surface area contributed by atoms with E-state index in [2.05, 4.69) is 0 Å². The van der Waals surface area contributed by atoms with E-state index in [1.165, 1.54) is 13.8 Å². The SMILES string of the molecule is C.CCC(C)C(F)(F)F. The van der Waals surface area contributed by atoms with Crippen molar-refractivity contribution in [3.8, 4) is 0 Å². The van der Waals surface area contributed by atoms with Crippen LogP contribution in [0.5, 0.6) is 0 Å². The van der Waals surface area contributed by atoms with E-state index in [9.17, 15) is 13.2 Å². The molecule has 0 aliphatic heterocycles. The number of hydrogen-bond donors (Lipinski definition) is 0. The Morgan fingerprint density at radius 2 is 1.67 bits per heavy atom. The highest BCUT2D eigenvalue weighted by atomic mass is 19.4. The Labute approximate surface area is 54.1 Å². The molecule has 0 heterocycles. The van der Waals surface area contributed by atoms with Gasteiger partial charge in [-0.3, -0.25) is 0 Å². The van der Waals surface area contributed by atoms with Gasteiger partial charge in [-0.2, -0.15) is 13.2 Å². The van der Waals surface area contributed by atoms with Gasteiger partial charge in [-0.15, -0.1) is 0 Å². The maximum absolute atomic E-state index is 11.4. The Hall–Kier alpha value is -0.210. The lowest BCUT2D eigenvalue weighted by atomic mass is 10.1. The van der Waals surface area contributed by atoms with Gasteiger partial charge >= 0.3 is 6.18 Å². The number of alkyl halides is 3. The molecule has 0 radical (unpaired) electrons. The Bertz CT molecular complexity index is 65.2. The lowest BCUT2D eigenvalue weighted by molar-refractivity contribution is -0.170. The molecular formula is C6H13F3. The Morgan fingerprint density at radius 1 is 1.33 bits per heavy atom. The lowest BCUT2D eigenvalue weighted by Gasteiger charge is -2.11. The van der Waals surface area contributed by atoms with Crippen molar-refractivity contribution in [2.45, 2.75) is 33.9 Å². The molecule has 0 aliphatic rings. The van der Waals surface area contributed by atoms with Crippen LogP contribution >= 0.6 is 0 Å². The molecule has 3 heteroatoms. The third-order valence-electron chi connectivity index (χ3n) is 1.17. The molecule has 1 unspecified atom stereocenters. The average Bonchev–Trinajstić information content (AvgIpc) is 1.62. The molecule has 9 heavy (non-hydrogen) atoms. The van der Waals surface area contributed by atoms with Gasteiger partial charge in [-0.25, -0.2) is 0 Å². The zero-order valence-corrected chi connectivity index (χ0v) is 4.92. The van der Waals surface area contributed by atoms with Crippen molar-refractivity contribution in [1.29, 1.82) is 0 Å². The second kappa shape index (κ2) is 3.75. The minimum atomic E-state index is -3.99. The molecule has 0 nitrogen and oxygen atoms in total. The second-order valence-corrected chi connectivity index (χ2v) is 1.85. The molecule has 0 aromatic rings. The van der Waals surface area contributed by atoms with Gasteiger partial charge in [0, 0.05) is 0 Å². The fraction of sp³-hybridized carbons (Fsp3) is 1.00. The average molecular weight is 142 g/mol. The van der Waals surface area contributed by atoms with Gasteiger partial charge in [0.25, 0.3) is 0 Å². The van der Waals surface area contributed by atoms with Gasteiger partial charge in [0.15, 0.2) is 0 Å². The Balaban J connectivity index is 0. The fourth-order valence-corrected chi connectivity index (χ4v) is 0.231. The fourth-order valence-electron chi connectivity index (χ4n) is 0.231. The quantitative estimate of drug-likeness (QED) is 0.527. The molecule has 58 valence electrons. The summed E-state index contributed by atoms with van der Waals surface area (Å²) in [5.74, 6) is -1.15. The molecule has 0 rings (SSSR count). The number of hydrogen-bond acceptors (Lipinski definition) is 0. The van der Waals surface area contributed by atoms with E-state index >= 15 is 0 Å². The number of halogens is 3. The van der Waals surface area contributed by atoms with Crippen LogP contribution < -0.4 is 0 Å². The van der Waals surface area contributed by atoms with Crippen molar-refractivity contribution < 1.29 is 13.2 Å². The summed E-state index contributed by atoms with van der Waals surface area (Å²) in [7, 11) is 0. The van der Waals surface area contributed by atoms with E-state index in [1.807, 2.05) is 0 Å². The highest BCUT2D eigenvalue weighted by molar-refractivity contribution is 4.58. The van der Waals surface area contributed by atoms with Crippen LogP contribution in [0, 0.1) is 5.92 Å². The molecule has 1 atom stereocenters. The number of rotatable bonds is 1. The first-order chi connectivity index (χ1) is 3.48. The summed E-state index contributed by atoms with van der Waals surface area (Å²) in [5, 5.41) is 0. The summed E-state index contributed by atoms with van der Waals surface area (Å²) in [6.07, 6.45) is -3.82.